The molecule has 0 radical (unpaired) electrons. The molecular weight excluding hydrogens is 248 g/mol. The van der Waals surface area contributed by atoms with Crippen LogP contribution < -0.4 is 10.6 Å². The number of hydrogen-bond acceptors (Lipinski definition) is 3. The number of urea groups is 1. The predicted octanol–water partition coefficient (Wildman–Crippen LogP) is 0.649. The zero-order chi connectivity index (χ0) is 13.7. The fourth-order valence-corrected chi connectivity index (χ4v) is 2.36. The van der Waals surface area contributed by atoms with Gasteiger partial charge in [-0.15, -0.1) is 0 Å². The van der Waals surface area contributed by atoms with Crippen molar-refractivity contribution in [1.29, 1.82) is 0 Å². The number of H-pyrrole nitrogens is 1. The number of nitrogens with zero attached hydrogens (tertiary/aromatic N) is 1. The molecule has 7 heteroatoms. The fourth-order valence-electron chi connectivity index (χ4n) is 2.36. The zero-order valence-electron chi connectivity index (χ0n) is 10.6. The van der Waals surface area contributed by atoms with Crippen LogP contribution in [0.2, 0.25) is 0 Å². The predicted molar refractivity (Wildman–Crippen MR) is 67.7 cm³/mol. The Bertz CT molecular complexity index is 438. The molecule has 0 aromatic carbocycles. The Morgan fingerprint density at radius 1 is 1.42 bits per heavy atom. The van der Waals surface area contributed by atoms with E-state index in [2.05, 4.69) is 20.6 Å². The summed E-state index contributed by atoms with van der Waals surface area (Å²) in [6.45, 7) is 0.412. The van der Waals surface area contributed by atoms with Crippen molar-refractivity contribution in [2.45, 2.75) is 37.6 Å². The van der Waals surface area contributed by atoms with Crippen molar-refractivity contribution in [3.63, 3.8) is 0 Å². The maximum atomic E-state index is 11.7. The van der Waals surface area contributed by atoms with E-state index in [0.717, 1.165) is 18.7 Å². The SMILES string of the molecule is O=C(NCCc1ncc[nH]1)NC1(C(=O)O)CCCC1. The van der Waals surface area contributed by atoms with Crippen molar-refractivity contribution < 1.29 is 14.7 Å². The molecule has 0 saturated heterocycles. The minimum Gasteiger partial charge on any atom is -0.480 e. The smallest absolute Gasteiger partial charge is 0.329 e. The molecule has 2 amide bonds. The molecule has 0 bridgehead atoms. The average molecular weight is 266 g/mol. The number of aromatic amines is 1. The van der Waals surface area contributed by atoms with Crippen LogP contribution in [-0.4, -0.2) is 39.2 Å². The monoisotopic (exact) mass is 266 g/mol. The number of carbonyl (C=O) groups excluding carboxylic acids is 1. The van der Waals surface area contributed by atoms with Gasteiger partial charge in [0.1, 0.15) is 11.4 Å². The van der Waals surface area contributed by atoms with Crippen LogP contribution in [0.4, 0.5) is 4.79 Å². The summed E-state index contributed by atoms with van der Waals surface area (Å²) in [5.41, 5.74) is -1.09. The lowest BCUT2D eigenvalue weighted by molar-refractivity contribution is -0.144. The Morgan fingerprint density at radius 2 is 2.16 bits per heavy atom. The van der Waals surface area contributed by atoms with E-state index in [4.69, 9.17) is 0 Å². The van der Waals surface area contributed by atoms with Gasteiger partial charge in [0.25, 0.3) is 0 Å². The van der Waals surface area contributed by atoms with Gasteiger partial charge in [0.15, 0.2) is 0 Å². The van der Waals surface area contributed by atoms with Crippen LogP contribution in [0.25, 0.3) is 0 Å². The van der Waals surface area contributed by atoms with E-state index < -0.39 is 17.5 Å². The van der Waals surface area contributed by atoms with Gasteiger partial charge in [-0.05, 0) is 12.8 Å². The summed E-state index contributed by atoms with van der Waals surface area (Å²) >= 11 is 0. The quantitative estimate of drug-likeness (QED) is 0.627. The number of aliphatic carboxylic acids is 1. The van der Waals surface area contributed by atoms with Gasteiger partial charge in [-0.1, -0.05) is 12.8 Å². The molecule has 0 spiro atoms. The molecule has 104 valence electrons. The summed E-state index contributed by atoms with van der Waals surface area (Å²) in [5, 5.41) is 14.5. The Morgan fingerprint density at radius 3 is 2.74 bits per heavy atom. The van der Waals surface area contributed by atoms with Gasteiger partial charge < -0.3 is 20.7 Å². The Balaban J connectivity index is 1.78. The highest BCUT2D eigenvalue weighted by Gasteiger charge is 2.42. The minimum absolute atomic E-state index is 0.412. The van der Waals surface area contributed by atoms with Gasteiger partial charge in [-0.3, -0.25) is 0 Å². The standard InChI is InChI=1S/C12H18N4O3/c17-10(18)12(4-1-2-5-12)16-11(19)15-6-3-9-13-7-8-14-9/h7-8H,1-6H2,(H,13,14)(H,17,18)(H2,15,16,19). The Labute approximate surface area is 110 Å². The number of carboxylic acids is 1. The molecule has 0 aliphatic heterocycles. The Hall–Kier alpha value is -2.05. The molecule has 7 nitrogen and oxygen atoms in total. The molecule has 1 heterocycles. The van der Waals surface area contributed by atoms with Crippen LogP contribution in [0.15, 0.2) is 12.4 Å². The normalized spacial score (nSPS) is 17.1. The van der Waals surface area contributed by atoms with E-state index in [1.165, 1.54) is 0 Å². The van der Waals surface area contributed by atoms with Crippen molar-refractivity contribution in [2.24, 2.45) is 0 Å². The summed E-state index contributed by atoms with van der Waals surface area (Å²) in [7, 11) is 0. The first-order chi connectivity index (χ1) is 9.12. The number of amides is 2. The number of imidazole rings is 1. The van der Waals surface area contributed by atoms with Crippen molar-refractivity contribution in [3.8, 4) is 0 Å². The van der Waals surface area contributed by atoms with Gasteiger partial charge in [0.2, 0.25) is 0 Å². The molecule has 19 heavy (non-hydrogen) atoms. The second kappa shape index (κ2) is 5.73. The summed E-state index contributed by atoms with van der Waals surface area (Å²) in [6, 6.07) is -0.434. The first kappa shape index (κ1) is 13.4. The van der Waals surface area contributed by atoms with Gasteiger partial charge in [0, 0.05) is 25.4 Å². The molecule has 0 atom stereocenters. The van der Waals surface area contributed by atoms with Gasteiger partial charge >= 0.3 is 12.0 Å². The van der Waals surface area contributed by atoms with Crippen molar-refractivity contribution >= 4 is 12.0 Å². The number of nitrogens with one attached hydrogen (secondary N) is 3. The first-order valence-electron chi connectivity index (χ1n) is 6.40. The number of aromatic nitrogens is 2. The molecule has 1 aromatic rings. The first-order valence-corrected chi connectivity index (χ1v) is 6.40. The largest absolute Gasteiger partial charge is 0.480 e. The fraction of sp³-hybridized carbons (Fsp3) is 0.583. The molecule has 0 unspecified atom stereocenters. The number of carboxylic acid groups (broad SMARTS) is 1. The number of carbonyl (C=O) groups is 2. The number of rotatable bonds is 5. The lowest BCUT2D eigenvalue weighted by Crippen LogP contribution is -2.55. The highest BCUT2D eigenvalue weighted by Crippen LogP contribution is 2.29. The molecule has 4 N–H and O–H groups in total. The highest BCUT2D eigenvalue weighted by molar-refractivity contribution is 5.86. The Kier molecular flexibility index (Phi) is 4.03. The molecule has 2 rings (SSSR count). The van der Waals surface area contributed by atoms with Gasteiger partial charge in [0.05, 0.1) is 0 Å². The lowest BCUT2D eigenvalue weighted by Gasteiger charge is -2.25. The van der Waals surface area contributed by atoms with Crippen molar-refractivity contribution in [1.82, 2.24) is 20.6 Å². The second-order valence-electron chi connectivity index (χ2n) is 4.76. The van der Waals surface area contributed by atoms with Crippen molar-refractivity contribution in [2.75, 3.05) is 6.54 Å². The maximum Gasteiger partial charge on any atom is 0.329 e. The van der Waals surface area contributed by atoms with E-state index >= 15 is 0 Å². The van der Waals surface area contributed by atoms with Crippen LogP contribution in [0.1, 0.15) is 31.5 Å². The third-order valence-corrected chi connectivity index (χ3v) is 3.42. The summed E-state index contributed by atoms with van der Waals surface area (Å²) in [5.74, 6) is -0.166. The summed E-state index contributed by atoms with van der Waals surface area (Å²) in [4.78, 5) is 30.0. The average Bonchev–Trinajstić information content (AvgIpc) is 3.00. The highest BCUT2D eigenvalue weighted by atomic mass is 16.4. The zero-order valence-corrected chi connectivity index (χ0v) is 10.6. The summed E-state index contributed by atoms with van der Waals surface area (Å²) < 4.78 is 0. The molecular formula is C12H18N4O3. The van der Waals surface area contributed by atoms with Crippen LogP contribution in [0.5, 0.6) is 0 Å². The third kappa shape index (κ3) is 3.24. The van der Waals surface area contributed by atoms with E-state index in [-0.39, 0.29) is 0 Å². The molecule has 1 fully saturated rings. The number of hydrogen-bond donors (Lipinski definition) is 4. The van der Waals surface area contributed by atoms with E-state index in [0.29, 0.717) is 25.8 Å². The molecule has 1 saturated carbocycles. The minimum atomic E-state index is -1.09. The van der Waals surface area contributed by atoms with Crippen LogP contribution >= 0.6 is 0 Å². The molecule has 1 aliphatic rings. The van der Waals surface area contributed by atoms with E-state index in [9.17, 15) is 14.7 Å². The summed E-state index contributed by atoms with van der Waals surface area (Å²) in [6.07, 6.45) is 6.60. The van der Waals surface area contributed by atoms with Crippen LogP contribution in [0.3, 0.4) is 0 Å². The van der Waals surface area contributed by atoms with Gasteiger partial charge in [-0.25, -0.2) is 14.6 Å². The molecule has 1 aliphatic carbocycles. The van der Waals surface area contributed by atoms with E-state index in [1.807, 2.05) is 0 Å². The third-order valence-electron chi connectivity index (χ3n) is 3.42. The lowest BCUT2D eigenvalue weighted by atomic mass is 9.98. The maximum absolute atomic E-state index is 11.7. The van der Waals surface area contributed by atoms with Gasteiger partial charge in [-0.2, -0.15) is 0 Å². The molecule has 1 aromatic heterocycles. The van der Waals surface area contributed by atoms with Crippen LogP contribution in [0, 0.1) is 0 Å². The van der Waals surface area contributed by atoms with Crippen molar-refractivity contribution in [3.05, 3.63) is 18.2 Å². The van der Waals surface area contributed by atoms with E-state index in [1.54, 1.807) is 12.4 Å². The van der Waals surface area contributed by atoms with Crippen LogP contribution in [-0.2, 0) is 11.2 Å². The second-order valence-corrected chi connectivity index (χ2v) is 4.76. The topological polar surface area (TPSA) is 107 Å².